The lowest BCUT2D eigenvalue weighted by molar-refractivity contribution is -0.122. The number of hydrogen-bond acceptors (Lipinski definition) is 3. The maximum Gasteiger partial charge on any atom is 0.234 e. The van der Waals surface area contributed by atoms with Gasteiger partial charge in [0.25, 0.3) is 0 Å². The van der Waals surface area contributed by atoms with Gasteiger partial charge in [-0.25, -0.2) is 0 Å². The minimum Gasteiger partial charge on any atom is -0.352 e. The summed E-state index contributed by atoms with van der Waals surface area (Å²) in [6.45, 7) is 1.33. The van der Waals surface area contributed by atoms with Crippen molar-refractivity contribution in [1.29, 1.82) is 0 Å². The van der Waals surface area contributed by atoms with Gasteiger partial charge in [-0.2, -0.15) is 0 Å². The Hall–Kier alpha value is -1.13. The van der Waals surface area contributed by atoms with Gasteiger partial charge in [0.1, 0.15) is 0 Å². The second-order valence-electron chi connectivity index (χ2n) is 4.65. The molecule has 4 nitrogen and oxygen atoms in total. The van der Waals surface area contributed by atoms with Crippen LogP contribution in [0.15, 0.2) is 24.4 Å². The highest BCUT2D eigenvalue weighted by molar-refractivity contribution is 5.85. The summed E-state index contributed by atoms with van der Waals surface area (Å²) in [4.78, 5) is 17.8. The zero-order valence-electron chi connectivity index (χ0n) is 10.6. The number of hydrogen-bond donors (Lipinski definition) is 1. The van der Waals surface area contributed by atoms with Gasteiger partial charge >= 0.3 is 0 Å². The van der Waals surface area contributed by atoms with Crippen LogP contribution in [0, 0.1) is 0 Å². The summed E-state index contributed by atoms with van der Waals surface area (Å²) >= 11 is 0. The van der Waals surface area contributed by atoms with Crippen molar-refractivity contribution < 1.29 is 4.79 Å². The number of pyridine rings is 1. The van der Waals surface area contributed by atoms with E-state index in [1.165, 1.54) is 0 Å². The monoisotopic (exact) mass is 269 g/mol. The smallest absolute Gasteiger partial charge is 0.234 e. The summed E-state index contributed by atoms with van der Waals surface area (Å²) in [6, 6.07) is 6.36. The molecule has 1 aromatic heterocycles. The van der Waals surface area contributed by atoms with Crippen molar-refractivity contribution in [1.82, 2.24) is 15.2 Å². The molecule has 0 radical (unpaired) electrons. The highest BCUT2D eigenvalue weighted by atomic mass is 35.5. The van der Waals surface area contributed by atoms with Crippen LogP contribution in [0.25, 0.3) is 0 Å². The fourth-order valence-corrected chi connectivity index (χ4v) is 1.68. The molecule has 0 spiro atoms. The Bertz CT molecular complexity index is 368. The van der Waals surface area contributed by atoms with E-state index < -0.39 is 0 Å². The summed E-state index contributed by atoms with van der Waals surface area (Å²) in [6.07, 6.45) is 4.97. The van der Waals surface area contributed by atoms with Crippen molar-refractivity contribution in [3.63, 3.8) is 0 Å². The number of halogens is 1. The molecule has 5 heteroatoms. The van der Waals surface area contributed by atoms with Crippen LogP contribution in [-0.2, 0) is 11.2 Å². The molecule has 0 aromatic carbocycles. The van der Waals surface area contributed by atoms with Crippen molar-refractivity contribution in [2.75, 3.05) is 20.1 Å². The number of rotatable bonds is 6. The van der Waals surface area contributed by atoms with E-state index in [4.69, 9.17) is 0 Å². The Morgan fingerprint density at radius 3 is 2.89 bits per heavy atom. The van der Waals surface area contributed by atoms with Crippen LogP contribution in [0.5, 0.6) is 0 Å². The van der Waals surface area contributed by atoms with E-state index in [2.05, 4.69) is 10.3 Å². The van der Waals surface area contributed by atoms with E-state index >= 15 is 0 Å². The minimum absolute atomic E-state index is 0. The van der Waals surface area contributed by atoms with Crippen LogP contribution < -0.4 is 5.32 Å². The first-order chi connectivity index (χ1) is 8.24. The Balaban J connectivity index is 0.00000162. The molecule has 1 aromatic rings. The second-order valence-corrected chi connectivity index (χ2v) is 4.65. The quantitative estimate of drug-likeness (QED) is 0.846. The predicted molar refractivity (Wildman–Crippen MR) is 73.9 cm³/mol. The molecule has 0 aliphatic heterocycles. The molecule has 0 saturated heterocycles. The van der Waals surface area contributed by atoms with Gasteiger partial charge in [0.2, 0.25) is 5.91 Å². The average Bonchev–Trinajstić information content (AvgIpc) is 3.11. The highest BCUT2D eigenvalue weighted by Gasteiger charge is 2.23. The molecule has 100 valence electrons. The third-order valence-corrected chi connectivity index (χ3v) is 2.83. The van der Waals surface area contributed by atoms with E-state index in [1.54, 1.807) is 6.20 Å². The largest absolute Gasteiger partial charge is 0.352 e. The Morgan fingerprint density at radius 1 is 1.50 bits per heavy atom. The first-order valence-corrected chi connectivity index (χ1v) is 6.12. The van der Waals surface area contributed by atoms with Crippen molar-refractivity contribution in [2.45, 2.75) is 25.3 Å². The molecular formula is C13H20ClN3O. The Morgan fingerprint density at radius 2 is 2.28 bits per heavy atom. The van der Waals surface area contributed by atoms with E-state index in [0.29, 0.717) is 12.6 Å². The molecule has 1 fully saturated rings. The molecular weight excluding hydrogens is 250 g/mol. The van der Waals surface area contributed by atoms with Gasteiger partial charge in [0.15, 0.2) is 0 Å². The van der Waals surface area contributed by atoms with Crippen LogP contribution in [0.3, 0.4) is 0 Å². The standard InChI is InChI=1S/C13H19N3O.ClH/c1-16(10-13(17)15-12-5-6-12)9-7-11-4-2-3-8-14-11;/h2-4,8,12H,5-7,9-10H2,1H3,(H,15,17);1H. The molecule has 1 N–H and O–H groups in total. The third-order valence-electron chi connectivity index (χ3n) is 2.83. The van der Waals surface area contributed by atoms with Gasteiger partial charge < -0.3 is 5.32 Å². The van der Waals surface area contributed by atoms with Gasteiger partial charge in [0.05, 0.1) is 6.54 Å². The first kappa shape index (κ1) is 14.9. The predicted octanol–water partition coefficient (Wildman–Crippen LogP) is 1.26. The summed E-state index contributed by atoms with van der Waals surface area (Å²) in [7, 11) is 1.97. The zero-order valence-corrected chi connectivity index (χ0v) is 11.4. The normalized spacial score (nSPS) is 14.1. The molecule has 1 heterocycles. The van der Waals surface area contributed by atoms with E-state index in [-0.39, 0.29) is 18.3 Å². The number of aromatic nitrogens is 1. The van der Waals surface area contributed by atoms with Gasteiger partial charge in [-0.05, 0) is 32.0 Å². The topological polar surface area (TPSA) is 45.2 Å². The Kier molecular flexibility index (Phi) is 6.09. The number of nitrogens with one attached hydrogen (secondary N) is 1. The van der Waals surface area contributed by atoms with E-state index in [1.807, 2.05) is 30.1 Å². The molecule has 18 heavy (non-hydrogen) atoms. The molecule has 2 rings (SSSR count). The first-order valence-electron chi connectivity index (χ1n) is 6.12. The number of carbonyl (C=O) groups excluding carboxylic acids is 1. The van der Waals surface area contributed by atoms with Gasteiger partial charge in [0, 0.05) is 30.9 Å². The summed E-state index contributed by atoms with van der Waals surface area (Å²) in [5.74, 6) is 0.135. The maximum atomic E-state index is 11.5. The molecule has 1 amide bonds. The minimum atomic E-state index is 0. The van der Waals surface area contributed by atoms with E-state index in [9.17, 15) is 4.79 Å². The van der Waals surface area contributed by atoms with Crippen molar-refractivity contribution in [3.8, 4) is 0 Å². The summed E-state index contributed by atoms with van der Waals surface area (Å²) in [5.41, 5.74) is 1.07. The lowest BCUT2D eigenvalue weighted by Crippen LogP contribution is -2.37. The van der Waals surface area contributed by atoms with Gasteiger partial charge in [-0.1, -0.05) is 6.07 Å². The molecule has 0 unspecified atom stereocenters. The third kappa shape index (κ3) is 5.47. The van der Waals surface area contributed by atoms with Crippen LogP contribution in [0.1, 0.15) is 18.5 Å². The highest BCUT2D eigenvalue weighted by Crippen LogP contribution is 2.18. The fraction of sp³-hybridized carbons (Fsp3) is 0.538. The number of amides is 1. The van der Waals surface area contributed by atoms with Gasteiger partial charge in [-0.15, -0.1) is 12.4 Å². The van der Waals surface area contributed by atoms with Crippen molar-refractivity contribution in [2.24, 2.45) is 0 Å². The average molecular weight is 270 g/mol. The lowest BCUT2D eigenvalue weighted by Gasteiger charge is -2.15. The molecule has 1 saturated carbocycles. The summed E-state index contributed by atoms with van der Waals surface area (Å²) < 4.78 is 0. The molecule has 0 bridgehead atoms. The lowest BCUT2D eigenvalue weighted by atomic mass is 10.2. The van der Waals surface area contributed by atoms with E-state index in [0.717, 1.165) is 31.5 Å². The number of nitrogens with zero attached hydrogens (tertiary/aromatic N) is 2. The molecule has 1 aliphatic carbocycles. The van der Waals surface area contributed by atoms with Crippen LogP contribution in [-0.4, -0.2) is 42.0 Å². The molecule has 1 aliphatic rings. The van der Waals surface area contributed by atoms with Crippen molar-refractivity contribution in [3.05, 3.63) is 30.1 Å². The second kappa shape index (κ2) is 7.34. The SMILES string of the molecule is CN(CCc1ccccn1)CC(=O)NC1CC1.Cl. The van der Waals surface area contributed by atoms with Crippen LogP contribution in [0.4, 0.5) is 0 Å². The number of carbonyl (C=O) groups is 1. The van der Waals surface area contributed by atoms with Crippen molar-refractivity contribution >= 4 is 18.3 Å². The summed E-state index contributed by atoms with van der Waals surface area (Å²) in [5, 5.41) is 2.99. The zero-order chi connectivity index (χ0) is 12.1. The van der Waals surface area contributed by atoms with Gasteiger partial charge in [-0.3, -0.25) is 14.7 Å². The fourth-order valence-electron chi connectivity index (χ4n) is 1.68. The van der Waals surface area contributed by atoms with Crippen LogP contribution in [0.2, 0.25) is 0 Å². The van der Waals surface area contributed by atoms with Crippen LogP contribution >= 0.6 is 12.4 Å². The Labute approximate surface area is 114 Å². The molecule has 0 atom stereocenters. The number of likely N-dealkylation sites (N-methyl/N-ethyl adjacent to an activating group) is 1. The maximum absolute atomic E-state index is 11.5.